The number of hydrogen-bond acceptors (Lipinski definition) is 20. The van der Waals surface area contributed by atoms with Crippen LogP contribution in [0.15, 0.2) is 0 Å². The molecule has 6 aliphatic heterocycles. The quantitative estimate of drug-likeness (QED) is 0.0413. The van der Waals surface area contributed by atoms with Crippen molar-refractivity contribution in [2.24, 2.45) is 0 Å². The Hall–Kier alpha value is 0.935. The molecule has 0 atom stereocenters. The van der Waals surface area contributed by atoms with Crippen LogP contribution in [0.5, 0.6) is 0 Å². The third kappa shape index (κ3) is 21.8. The van der Waals surface area contributed by atoms with Crippen molar-refractivity contribution in [3.05, 3.63) is 0 Å². The predicted octanol–water partition coefficient (Wildman–Crippen LogP) is 12.5. The molecule has 20 nitrogen and oxygen atoms in total. The van der Waals surface area contributed by atoms with Crippen LogP contribution in [0, 0.1) is 0 Å². The van der Waals surface area contributed by atoms with Gasteiger partial charge in [0.1, 0.15) is 0 Å². The summed E-state index contributed by atoms with van der Waals surface area (Å²) >= 11 is 0. The van der Waals surface area contributed by atoms with Gasteiger partial charge in [-0.2, -0.15) is 0 Å². The summed E-state index contributed by atoms with van der Waals surface area (Å²) < 4.78 is 145. The van der Waals surface area contributed by atoms with Crippen molar-refractivity contribution < 1.29 is 84.8 Å². The van der Waals surface area contributed by atoms with Crippen molar-refractivity contribution in [3.63, 3.8) is 0 Å². The normalized spacial score (nSPS) is 31.9. The largest absolute Gasteiger partial charge is 0.662 e. The van der Waals surface area contributed by atoms with Gasteiger partial charge in [-0.3, -0.25) is 0 Å². The molecule has 0 aliphatic carbocycles. The molecule has 6 saturated heterocycles. The van der Waals surface area contributed by atoms with Crippen LogP contribution >= 0.6 is 0 Å². The smallest absolute Gasteiger partial charge is 0.353 e. The lowest BCUT2D eigenvalue weighted by molar-refractivity contribution is -0.168. The summed E-state index contributed by atoms with van der Waals surface area (Å²) in [6.07, 6.45) is 27.9. The van der Waals surface area contributed by atoms with Gasteiger partial charge in [-0.15, -0.1) is 0 Å². The van der Waals surface area contributed by atoms with Crippen molar-refractivity contribution in [2.75, 3.05) is 52.9 Å². The van der Waals surface area contributed by atoms with Crippen LogP contribution in [-0.2, 0) is 84.8 Å². The molecular formula is C48H104O20Si8. The van der Waals surface area contributed by atoms with Gasteiger partial charge in [0.2, 0.25) is 0 Å². The Bertz CT molecular complexity index is 1150. The highest BCUT2D eigenvalue weighted by Crippen LogP contribution is 2.50. The van der Waals surface area contributed by atoms with E-state index in [0.29, 0.717) is 51.4 Å². The molecule has 0 saturated carbocycles. The Morgan fingerprint density at radius 2 is 0.263 bits per heavy atom. The summed E-state index contributed by atoms with van der Waals surface area (Å²) in [5.41, 5.74) is 0. The third-order valence-electron chi connectivity index (χ3n) is 13.2. The van der Waals surface area contributed by atoms with E-state index in [9.17, 15) is 0 Å². The monoisotopic (exact) mass is 1220 g/mol. The number of rotatable bonds is 48. The summed E-state index contributed by atoms with van der Waals surface area (Å²) in [5.74, 6) is 0. The molecule has 0 amide bonds. The SMILES string of the molecule is CCCCCCO[Si]12O[Si]3(OCCCCCC)O[Si]4(OCCCCCC)O[Si](OCCCCCC)(O1)O[Si]1(OCCCCCC)O[Si](OCCCCCC)(O2)O[Si](OCCCCCC)(O3)O[Si](OCCCCCC)(O4)O1. The summed E-state index contributed by atoms with van der Waals surface area (Å²) in [6.45, 7) is 18.3. The molecule has 448 valence electrons. The molecule has 6 fully saturated rings. The number of hydrogen-bond donors (Lipinski definition) is 0. The lowest BCUT2D eigenvalue weighted by Gasteiger charge is -2.57. The van der Waals surface area contributed by atoms with Gasteiger partial charge in [0, 0.05) is 52.9 Å². The van der Waals surface area contributed by atoms with Gasteiger partial charge in [-0.1, -0.05) is 209 Å². The van der Waals surface area contributed by atoms with E-state index in [1.165, 1.54) is 0 Å². The van der Waals surface area contributed by atoms with Crippen molar-refractivity contribution in [2.45, 2.75) is 261 Å². The second-order valence-electron chi connectivity index (χ2n) is 20.5. The maximum absolute atomic E-state index is 7.43. The van der Waals surface area contributed by atoms with E-state index in [0.717, 1.165) is 154 Å². The molecule has 6 aliphatic rings. The molecule has 8 bridgehead atoms. The molecule has 0 radical (unpaired) electrons. The molecule has 0 unspecified atom stereocenters. The van der Waals surface area contributed by atoms with E-state index >= 15 is 0 Å². The maximum Gasteiger partial charge on any atom is 0.662 e. The molecule has 0 N–H and O–H groups in total. The summed E-state index contributed by atoms with van der Waals surface area (Å²) in [4.78, 5) is 0. The standard InChI is InChI=1S/C48H104O20Si8/c1-9-17-25-33-41-49-69-57-70(50-42-34-26-18-10-2)60-73(53-45-37-29-21-13-5)62-71(58-69,51-43-35-27-19-11-3)64-75(55-47-39-31-23-15-7)65-72(59-69,52-44-36-28-20-12-4)63-74(61-70,54-46-38-30-22-14-6)67-76(66-73,68-75)56-48-40-32-24-16-8/h9-48H2,1-8H3. The molecule has 76 heavy (non-hydrogen) atoms. The van der Waals surface area contributed by atoms with Crippen molar-refractivity contribution in [3.8, 4) is 0 Å². The van der Waals surface area contributed by atoms with Crippen molar-refractivity contribution in [1.82, 2.24) is 0 Å². The van der Waals surface area contributed by atoms with E-state index < -0.39 is 72.4 Å². The first-order valence-electron chi connectivity index (χ1n) is 30.5. The average Bonchev–Trinajstić information content (AvgIpc) is 3.36. The van der Waals surface area contributed by atoms with Crippen LogP contribution in [0.2, 0.25) is 0 Å². The van der Waals surface area contributed by atoms with E-state index in [1.807, 2.05) is 0 Å². The van der Waals surface area contributed by atoms with Gasteiger partial charge >= 0.3 is 72.4 Å². The van der Waals surface area contributed by atoms with Crippen LogP contribution in [-0.4, -0.2) is 125 Å². The number of unbranched alkanes of at least 4 members (excludes halogenated alkanes) is 24. The summed E-state index contributed by atoms with van der Waals surface area (Å²) in [6, 6.07) is 0. The van der Waals surface area contributed by atoms with E-state index in [1.54, 1.807) is 0 Å². The zero-order valence-corrected chi connectivity index (χ0v) is 56.4. The Labute approximate surface area is 468 Å². The topological polar surface area (TPSA) is 185 Å². The molecular weight excluding hydrogens is 1120 g/mol. The third-order valence-corrected chi connectivity index (χ3v) is 41.7. The van der Waals surface area contributed by atoms with Gasteiger partial charge in [0.05, 0.1) is 0 Å². The molecule has 6 rings (SSSR count). The van der Waals surface area contributed by atoms with Gasteiger partial charge < -0.3 is 84.8 Å². The fourth-order valence-corrected chi connectivity index (χ4v) is 45.4. The summed E-state index contributed by atoms with van der Waals surface area (Å²) in [7, 11) is -39.9. The predicted molar refractivity (Wildman–Crippen MR) is 300 cm³/mol. The Morgan fingerprint density at radius 3 is 0.355 bits per heavy atom. The second kappa shape index (κ2) is 35.9. The van der Waals surface area contributed by atoms with E-state index in [4.69, 9.17) is 84.8 Å². The highest BCUT2D eigenvalue weighted by atomic mass is 28.7. The fourth-order valence-electron chi connectivity index (χ4n) is 8.85. The highest BCUT2D eigenvalue weighted by Gasteiger charge is 2.91. The highest BCUT2D eigenvalue weighted by molar-refractivity contribution is 6.97. The molecule has 0 aromatic rings. The first kappa shape index (κ1) is 67.7. The van der Waals surface area contributed by atoms with Gasteiger partial charge in [-0.25, -0.2) is 0 Å². The van der Waals surface area contributed by atoms with Crippen LogP contribution in [0.4, 0.5) is 0 Å². The second-order valence-corrected chi connectivity index (χ2v) is 40.6. The minimum atomic E-state index is -4.98. The Morgan fingerprint density at radius 1 is 0.158 bits per heavy atom. The molecule has 0 aromatic carbocycles. The van der Waals surface area contributed by atoms with Crippen molar-refractivity contribution >= 4 is 72.4 Å². The van der Waals surface area contributed by atoms with Gasteiger partial charge in [0.25, 0.3) is 0 Å². The Balaban J connectivity index is 1.85. The van der Waals surface area contributed by atoms with E-state index in [-0.39, 0.29) is 52.9 Å². The lowest BCUT2D eigenvalue weighted by atomic mass is 10.2. The van der Waals surface area contributed by atoms with Crippen molar-refractivity contribution in [1.29, 1.82) is 0 Å². The minimum absolute atomic E-state index is 0.129. The summed E-state index contributed by atoms with van der Waals surface area (Å²) in [5, 5.41) is 0. The Kier molecular flexibility index (Phi) is 32.0. The first-order valence-corrected chi connectivity index (χ1v) is 43.6. The van der Waals surface area contributed by atoms with Gasteiger partial charge in [-0.05, 0) is 51.4 Å². The zero-order valence-electron chi connectivity index (χ0n) is 48.4. The first-order chi connectivity index (χ1) is 37.0. The maximum atomic E-state index is 7.43. The fraction of sp³-hybridized carbons (Fsp3) is 1.00. The van der Waals surface area contributed by atoms with E-state index in [2.05, 4.69) is 55.4 Å². The molecule has 6 heterocycles. The molecule has 0 aromatic heterocycles. The average molecular weight is 1230 g/mol. The van der Waals surface area contributed by atoms with Crippen LogP contribution in [0.25, 0.3) is 0 Å². The minimum Gasteiger partial charge on any atom is -0.353 e. The van der Waals surface area contributed by atoms with Gasteiger partial charge in [0.15, 0.2) is 0 Å². The van der Waals surface area contributed by atoms with Crippen LogP contribution in [0.3, 0.4) is 0 Å². The molecule has 0 spiro atoms. The molecule has 28 heteroatoms. The lowest BCUT2D eigenvalue weighted by Crippen LogP contribution is -2.91. The van der Waals surface area contributed by atoms with Crippen LogP contribution in [0.1, 0.15) is 261 Å². The zero-order chi connectivity index (χ0) is 54.4. The van der Waals surface area contributed by atoms with Crippen LogP contribution < -0.4 is 0 Å².